The van der Waals surface area contributed by atoms with Gasteiger partial charge in [-0.3, -0.25) is 4.98 Å². The Kier molecular flexibility index (Phi) is 1.64. The number of pyridine rings is 1. The minimum atomic E-state index is 0.969. The number of para-hydroxylation sites is 1. The summed E-state index contributed by atoms with van der Waals surface area (Å²) in [5, 5.41) is 3.49. The Morgan fingerprint density at radius 2 is 2.06 bits per heavy atom. The Morgan fingerprint density at radius 3 is 3.06 bits per heavy atom. The van der Waals surface area contributed by atoms with Gasteiger partial charge in [0, 0.05) is 10.6 Å². The van der Waals surface area contributed by atoms with Crippen molar-refractivity contribution in [3.8, 4) is 0 Å². The lowest BCUT2D eigenvalue weighted by molar-refractivity contribution is 1.24. The summed E-state index contributed by atoms with van der Waals surface area (Å²) in [7, 11) is 0. The van der Waals surface area contributed by atoms with Crippen molar-refractivity contribution in [3.05, 3.63) is 65.0 Å². The number of hydrogen-bond donors (Lipinski definition) is 0. The normalized spacial score (nSPS) is 16.5. The second-order valence-electron chi connectivity index (χ2n) is 4.31. The van der Waals surface area contributed by atoms with E-state index in [0.29, 0.717) is 0 Å². The van der Waals surface area contributed by atoms with Crippen LogP contribution in [0.3, 0.4) is 0 Å². The van der Waals surface area contributed by atoms with E-state index >= 15 is 0 Å². The average Bonchev–Trinajstić information content (AvgIpc) is 2.77. The molecule has 0 radical (unpaired) electrons. The summed E-state index contributed by atoms with van der Waals surface area (Å²) in [5.41, 5.74) is 3.48. The third kappa shape index (κ3) is 1.15. The van der Waals surface area contributed by atoms with Crippen molar-refractivity contribution < 1.29 is 0 Å². The van der Waals surface area contributed by atoms with Crippen LogP contribution < -0.4 is 10.6 Å². The van der Waals surface area contributed by atoms with Gasteiger partial charge in [-0.15, -0.1) is 0 Å². The van der Waals surface area contributed by atoms with Gasteiger partial charge < -0.3 is 0 Å². The number of hydrogen-bond acceptors (Lipinski definition) is 2. The highest BCUT2D eigenvalue weighted by Gasteiger charge is 2.15. The number of rotatable bonds is 0. The SMILES string of the molecule is C1=CCC2=c3c(cnc4ccccc34)=NC2=C1. The summed E-state index contributed by atoms with van der Waals surface area (Å²) >= 11 is 0. The van der Waals surface area contributed by atoms with Gasteiger partial charge in [-0.25, -0.2) is 4.99 Å². The van der Waals surface area contributed by atoms with Crippen LogP contribution in [0.2, 0.25) is 0 Å². The van der Waals surface area contributed by atoms with Gasteiger partial charge in [-0.1, -0.05) is 30.4 Å². The number of nitrogens with zero attached hydrogens (tertiary/aromatic N) is 2. The molecule has 2 aromatic rings. The Balaban J connectivity index is 2.29. The number of fused-ring (bicyclic) bond motifs is 4. The lowest BCUT2D eigenvalue weighted by Crippen LogP contribution is -2.24. The third-order valence-electron chi connectivity index (χ3n) is 3.32. The maximum Gasteiger partial charge on any atom is 0.0902 e. The highest BCUT2D eigenvalue weighted by atomic mass is 14.8. The fourth-order valence-electron chi connectivity index (χ4n) is 2.55. The Morgan fingerprint density at radius 1 is 1.12 bits per heavy atom. The van der Waals surface area contributed by atoms with Gasteiger partial charge in [0.25, 0.3) is 0 Å². The van der Waals surface area contributed by atoms with E-state index in [1.807, 2.05) is 12.3 Å². The van der Waals surface area contributed by atoms with Crippen molar-refractivity contribution in [2.75, 3.05) is 0 Å². The maximum absolute atomic E-state index is 4.63. The monoisotopic (exact) mass is 218 g/mol. The van der Waals surface area contributed by atoms with E-state index in [2.05, 4.69) is 46.4 Å². The molecule has 1 aliphatic heterocycles. The predicted molar refractivity (Wildman–Crippen MR) is 67.8 cm³/mol. The van der Waals surface area contributed by atoms with Crippen molar-refractivity contribution in [2.45, 2.75) is 6.42 Å². The summed E-state index contributed by atoms with van der Waals surface area (Å²) in [5.74, 6) is 0. The van der Waals surface area contributed by atoms with Crippen LogP contribution in [0.4, 0.5) is 0 Å². The molecule has 0 atom stereocenters. The zero-order valence-electron chi connectivity index (χ0n) is 9.22. The molecule has 0 fully saturated rings. The largest absolute Gasteiger partial charge is 0.254 e. The standard InChI is InChI=1S/C15H10N2/c1-3-7-12-10(5-1)15-11-6-2-4-8-13(11)17-14(15)9-16-12/h1-5,7-9H,6H2. The molecule has 1 aromatic heterocycles. The zero-order chi connectivity index (χ0) is 11.2. The van der Waals surface area contributed by atoms with Crippen molar-refractivity contribution in [3.63, 3.8) is 0 Å². The number of benzene rings is 1. The lowest BCUT2D eigenvalue weighted by atomic mass is 10.0. The van der Waals surface area contributed by atoms with Crippen LogP contribution in [0.15, 0.2) is 59.4 Å². The van der Waals surface area contributed by atoms with E-state index in [1.54, 1.807) is 0 Å². The van der Waals surface area contributed by atoms with E-state index in [-0.39, 0.29) is 0 Å². The molecule has 2 nitrogen and oxygen atoms in total. The highest BCUT2D eigenvalue weighted by molar-refractivity contribution is 5.85. The van der Waals surface area contributed by atoms with Crippen LogP contribution >= 0.6 is 0 Å². The van der Waals surface area contributed by atoms with Gasteiger partial charge >= 0.3 is 0 Å². The molecule has 2 heteroatoms. The van der Waals surface area contributed by atoms with Crippen LogP contribution in [0.25, 0.3) is 16.5 Å². The minimum Gasteiger partial charge on any atom is -0.254 e. The molecule has 2 heterocycles. The molecule has 0 bridgehead atoms. The average molecular weight is 218 g/mol. The lowest BCUT2D eigenvalue weighted by Gasteiger charge is -2.04. The zero-order valence-corrected chi connectivity index (χ0v) is 9.22. The summed E-state index contributed by atoms with van der Waals surface area (Å²) in [6.45, 7) is 0. The van der Waals surface area contributed by atoms with E-state index in [9.17, 15) is 0 Å². The van der Waals surface area contributed by atoms with Crippen LogP contribution in [0.1, 0.15) is 6.42 Å². The summed E-state index contributed by atoms with van der Waals surface area (Å²) < 4.78 is 0. The van der Waals surface area contributed by atoms with E-state index in [0.717, 1.165) is 23.0 Å². The second kappa shape index (κ2) is 3.14. The van der Waals surface area contributed by atoms with Crippen LogP contribution in [-0.2, 0) is 0 Å². The van der Waals surface area contributed by atoms with Gasteiger partial charge in [-0.05, 0) is 24.1 Å². The predicted octanol–water partition coefficient (Wildman–Crippen LogP) is 1.86. The molecule has 1 aliphatic carbocycles. The molecular formula is C15H10N2. The molecule has 4 rings (SSSR count). The molecule has 0 N–H and O–H groups in total. The minimum absolute atomic E-state index is 0.969. The van der Waals surface area contributed by atoms with Crippen LogP contribution in [-0.4, -0.2) is 4.98 Å². The molecule has 0 saturated heterocycles. The Bertz CT molecular complexity index is 810. The van der Waals surface area contributed by atoms with Crippen molar-refractivity contribution >= 4 is 16.5 Å². The molecule has 0 amide bonds. The second-order valence-corrected chi connectivity index (χ2v) is 4.31. The Labute approximate surface area is 98.3 Å². The fraction of sp³-hybridized carbons (Fsp3) is 0.0667. The van der Waals surface area contributed by atoms with Crippen molar-refractivity contribution in [1.29, 1.82) is 0 Å². The first-order valence-electron chi connectivity index (χ1n) is 5.76. The third-order valence-corrected chi connectivity index (χ3v) is 3.32. The molecule has 17 heavy (non-hydrogen) atoms. The van der Waals surface area contributed by atoms with Gasteiger partial charge in [0.1, 0.15) is 0 Å². The molecule has 2 aliphatic rings. The summed E-state index contributed by atoms with van der Waals surface area (Å²) in [6.07, 6.45) is 9.18. The molecule has 0 unspecified atom stereocenters. The molecule has 1 aromatic carbocycles. The van der Waals surface area contributed by atoms with Crippen LogP contribution in [0.5, 0.6) is 0 Å². The van der Waals surface area contributed by atoms with Gasteiger partial charge in [0.15, 0.2) is 0 Å². The first-order chi connectivity index (χ1) is 8.43. The van der Waals surface area contributed by atoms with E-state index in [1.165, 1.54) is 16.2 Å². The summed E-state index contributed by atoms with van der Waals surface area (Å²) in [4.78, 5) is 9.09. The molecule has 0 spiro atoms. The van der Waals surface area contributed by atoms with Gasteiger partial charge in [-0.2, -0.15) is 0 Å². The quantitative estimate of drug-likeness (QED) is 0.662. The highest BCUT2D eigenvalue weighted by Crippen LogP contribution is 2.23. The first-order valence-corrected chi connectivity index (χ1v) is 5.76. The fourth-order valence-corrected chi connectivity index (χ4v) is 2.55. The molecule has 0 saturated carbocycles. The molecule has 80 valence electrons. The Hall–Kier alpha value is -2.22. The van der Waals surface area contributed by atoms with Gasteiger partial charge in [0.05, 0.1) is 22.8 Å². The van der Waals surface area contributed by atoms with Crippen molar-refractivity contribution in [2.24, 2.45) is 4.99 Å². The first kappa shape index (κ1) is 8.88. The van der Waals surface area contributed by atoms with Crippen molar-refractivity contribution in [1.82, 2.24) is 4.98 Å². The van der Waals surface area contributed by atoms with Crippen LogP contribution in [0, 0.1) is 0 Å². The van der Waals surface area contributed by atoms with E-state index < -0.39 is 0 Å². The van der Waals surface area contributed by atoms with Gasteiger partial charge in [0.2, 0.25) is 0 Å². The molecular weight excluding hydrogens is 208 g/mol. The topological polar surface area (TPSA) is 25.2 Å². The number of aromatic nitrogens is 1. The number of allylic oxidation sites excluding steroid dienone is 4. The van der Waals surface area contributed by atoms with E-state index in [4.69, 9.17) is 0 Å². The maximum atomic E-state index is 4.63. The summed E-state index contributed by atoms with van der Waals surface area (Å²) in [6, 6.07) is 8.27. The smallest absolute Gasteiger partial charge is 0.0902 e.